The Bertz CT molecular complexity index is 1320. The van der Waals surface area contributed by atoms with Crippen molar-refractivity contribution in [3.8, 4) is 11.1 Å². The van der Waals surface area contributed by atoms with Gasteiger partial charge in [0.15, 0.2) is 5.78 Å². The predicted molar refractivity (Wildman–Crippen MR) is 143 cm³/mol. The van der Waals surface area contributed by atoms with Crippen LogP contribution in [-0.2, 0) is 15.9 Å². The Kier molecular flexibility index (Phi) is 8.96. The molecule has 3 rings (SSSR count). The highest BCUT2D eigenvalue weighted by Gasteiger charge is 2.18. The monoisotopic (exact) mass is 484 g/mol. The van der Waals surface area contributed by atoms with Crippen molar-refractivity contribution < 1.29 is 23.9 Å². The SMILES string of the molecule is CCCc1cc(C(=O)CC)ccc1-c1cc(/C=C\c2ccc(C(=O)OC)c(C(=O)OC)c2)ccc1C. The molecule has 5 heteroatoms. The molecule has 0 fully saturated rings. The van der Waals surface area contributed by atoms with Crippen molar-refractivity contribution in [1.82, 2.24) is 0 Å². The fourth-order valence-electron chi connectivity index (χ4n) is 4.17. The summed E-state index contributed by atoms with van der Waals surface area (Å²) < 4.78 is 9.61. The van der Waals surface area contributed by atoms with Crippen LogP contribution >= 0.6 is 0 Å². The Balaban J connectivity index is 2.00. The normalized spacial score (nSPS) is 10.9. The van der Waals surface area contributed by atoms with Crippen LogP contribution in [0.2, 0.25) is 0 Å². The molecule has 0 atom stereocenters. The van der Waals surface area contributed by atoms with E-state index in [0.29, 0.717) is 6.42 Å². The molecule has 3 aromatic carbocycles. The molecule has 0 aromatic heterocycles. The summed E-state index contributed by atoms with van der Waals surface area (Å²) >= 11 is 0. The van der Waals surface area contributed by atoms with Crippen LogP contribution in [0.15, 0.2) is 54.6 Å². The fourth-order valence-corrected chi connectivity index (χ4v) is 4.17. The number of carbonyl (C=O) groups is 3. The third-order valence-electron chi connectivity index (χ3n) is 6.14. The Morgan fingerprint density at radius 1 is 0.750 bits per heavy atom. The van der Waals surface area contributed by atoms with E-state index in [-0.39, 0.29) is 16.9 Å². The highest BCUT2D eigenvalue weighted by Crippen LogP contribution is 2.31. The fraction of sp³-hybridized carbons (Fsp3) is 0.258. The lowest BCUT2D eigenvalue weighted by molar-refractivity contribution is 0.0555. The van der Waals surface area contributed by atoms with Crippen LogP contribution in [0.5, 0.6) is 0 Å². The lowest BCUT2D eigenvalue weighted by Crippen LogP contribution is -2.11. The van der Waals surface area contributed by atoms with E-state index >= 15 is 0 Å². The molecule has 0 radical (unpaired) electrons. The minimum absolute atomic E-state index is 0.150. The summed E-state index contributed by atoms with van der Waals surface area (Å²) in [5.41, 5.74) is 7.38. The highest BCUT2D eigenvalue weighted by atomic mass is 16.5. The van der Waals surface area contributed by atoms with E-state index < -0.39 is 11.9 Å². The molecule has 0 unspecified atom stereocenters. The molecule has 0 saturated carbocycles. The summed E-state index contributed by atoms with van der Waals surface area (Å²) in [6.45, 7) is 6.10. The number of ketones is 1. The summed E-state index contributed by atoms with van der Waals surface area (Å²) in [5.74, 6) is -1.04. The summed E-state index contributed by atoms with van der Waals surface area (Å²) in [4.78, 5) is 36.5. The van der Waals surface area contributed by atoms with Gasteiger partial charge in [0, 0.05) is 12.0 Å². The van der Waals surface area contributed by atoms with E-state index in [9.17, 15) is 14.4 Å². The van der Waals surface area contributed by atoms with Gasteiger partial charge in [0.05, 0.1) is 25.3 Å². The van der Waals surface area contributed by atoms with Gasteiger partial charge in [-0.15, -0.1) is 0 Å². The minimum atomic E-state index is -0.600. The van der Waals surface area contributed by atoms with Gasteiger partial charge in [-0.2, -0.15) is 0 Å². The molecule has 0 bridgehead atoms. The maximum absolute atomic E-state index is 12.3. The van der Waals surface area contributed by atoms with Gasteiger partial charge in [-0.25, -0.2) is 9.59 Å². The Labute approximate surface area is 212 Å². The van der Waals surface area contributed by atoms with Crippen LogP contribution in [0.1, 0.15) is 80.0 Å². The van der Waals surface area contributed by atoms with Crippen molar-refractivity contribution in [3.63, 3.8) is 0 Å². The number of rotatable bonds is 9. The zero-order valence-corrected chi connectivity index (χ0v) is 21.5. The summed E-state index contributed by atoms with van der Waals surface area (Å²) in [7, 11) is 2.55. The standard InChI is InChI=1S/C31H32O5/c1-6-8-23-19-24(29(32)7-2)14-16-25(23)27-17-21(10-9-20(27)3)11-12-22-13-15-26(30(33)35-4)28(18-22)31(34)36-5/h9-19H,6-8H2,1-5H3/b12-11-. The molecule has 36 heavy (non-hydrogen) atoms. The third kappa shape index (κ3) is 5.98. The van der Waals surface area contributed by atoms with Crippen LogP contribution < -0.4 is 0 Å². The second-order valence-corrected chi connectivity index (χ2v) is 8.59. The van der Waals surface area contributed by atoms with Crippen molar-refractivity contribution in [3.05, 3.63) is 93.5 Å². The Morgan fingerprint density at radius 3 is 2.03 bits per heavy atom. The first-order valence-corrected chi connectivity index (χ1v) is 12.1. The topological polar surface area (TPSA) is 69.7 Å². The number of Topliss-reactive ketones (excluding diaryl/α,β-unsaturated/α-hetero) is 1. The lowest BCUT2D eigenvalue weighted by atomic mass is 9.90. The van der Waals surface area contributed by atoms with Gasteiger partial charge in [0.25, 0.3) is 0 Å². The van der Waals surface area contributed by atoms with E-state index in [1.807, 2.05) is 37.3 Å². The van der Waals surface area contributed by atoms with Gasteiger partial charge in [-0.05, 0) is 71.0 Å². The first kappa shape index (κ1) is 26.6. The first-order chi connectivity index (χ1) is 17.3. The number of esters is 2. The van der Waals surface area contributed by atoms with Crippen LogP contribution in [-0.4, -0.2) is 31.9 Å². The zero-order chi connectivity index (χ0) is 26.2. The van der Waals surface area contributed by atoms with Crippen LogP contribution in [0, 0.1) is 6.92 Å². The van der Waals surface area contributed by atoms with Gasteiger partial charge in [0.1, 0.15) is 0 Å². The van der Waals surface area contributed by atoms with Crippen molar-refractivity contribution in [1.29, 1.82) is 0 Å². The largest absolute Gasteiger partial charge is 0.465 e. The quantitative estimate of drug-likeness (QED) is 0.187. The molecule has 0 aliphatic rings. The molecule has 0 heterocycles. The molecule has 5 nitrogen and oxygen atoms in total. The Morgan fingerprint density at radius 2 is 1.39 bits per heavy atom. The summed E-state index contributed by atoms with van der Waals surface area (Å²) in [6, 6.07) is 17.2. The van der Waals surface area contributed by atoms with Crippen LogP contribution in [0.3, 0.4) is 0 Å². The van der Waals surface area contributed by atoms with Gasteiger partial charge < -0.3 is 9.47 Å². The van der Waals surface area contributed by atoms with E-state index in [1.165, 1.54) is 19.8 Å². The number of aryl methyl sites for hydroxylation is 2. The zero-order valence-electron chi connectivity index (χ0n) is 21.5. The van der Waals surface area contributed by atoms with Gasteiger partial charge in [0.2, 0.25) is 0 Å². The van der Waals surface area contributed by atoms with E-state index in [1.54, 1.807) is 18.2 Å². The lowest BCUT2D eigenvalue weighted by Gasteiger charge is -2.14. The molecule has 0 saturated heterocycles. The summed E-state index contributed by atoms with van der Waals surface area (Å²) in [6.07, 6.45) is 6.22. The molecule has 0 amide bonds. The van der Waals surface area contributed by atoms with Crippen molar-refractivity contribution in [2.75, 3.05) is 14.2 Å². The first-order valence-electron chi connectivity index (χ1n) is 12.1. The number of hydrogen-bond donors (Lipinski definition) is 0. The Hall–Kier alpha value is -3.99. The highest BCUT2D eigenvalue weighted by molar-refractivity contribution is 6.03. The third-order valence-corrected chi connectivity index (χ3v) is 6.14. The molecule has 0 aliphatic heterocycles. The molecule has 3 aromatic rings. The maximum Gasteiger partial charge on any atom is 0.338 e. The molecule has 0 spiro atoms. The minimum Gasteiger partial charge on any atom is -0.465 e. The van der Waals surface area contributed by atoms with E-state index in [0.717, 1.165) is 46.2 Å². The number of methoxy groups -OCH3 is 2. The molecule has 0 N–H and O–H groups in total. The smallest absolute Gasteiger partial charge is 0.338 e. The number of carbonyl (C=O) groups excluding carboxylic acids is 3. The number of benzene rings is 3. The second-order valence-electron chi connectivity index (χ2n) is 8.59. The van der Waals surface area contributed by atoms with E-state index in [4.69, 9.17) is 9.47 Å². The van der Waals surface area contributed by atoms with Crippen molar-refractivity contribution >= 4 is 29.9 Å². The predicted octanol–water partition coefficient (Wildman–Crippen LogP) is 6.95. The summed E-state index contributed by atoms with van der Waals surface area (Å²) in [5, 5.41) is 0. The second kappa shape index (κ2) is 12.1. The molecule has 186 valence electrons. The molecular weight excluding hydrogens is 452 g/mol. The van der Waals surface area contributed by atoms with Gasteiger partial charge in [-0.3, -0.25) is 4.79 Å². The van der Waals surface area contributed by atoms with Crippen LogP contribution in [0.25, 0.3) is 23.3 Å². The number of ether oxygens (including phenoxy) is 2. The van der Waals surface area contributed by atoms with Gasteiger partial charge >= 0.3 is 11.9 Å². The average molecular weight is 485 g/mol. The van der Waals surface area contributed by atoms with Gasteiger partial charge in [-0.1, -0.05) is 62.8 Å². The van der Waals surface area contributed by atoms with E-state index in [2.05, 4.69) is 32.0 Å². The van der Waals surface area contributed by atoms with Crippen molar-refractivity contribution in [2.24, 2.45) is 0 Å². The van der Waals surface area contributed by atoms with Crippen LogP contribution in [0.4, 0.5) is 0 Å². The number of hydrogen-bond acceptors (Lipinski definition) is 5. The molecule has 0 aliphatic carbocycles. The maximum atomic E-state index is 12.3. The average Bonchev–Trinajstić information content (AvgIpc) is 2.91. The molecular formula is C31H32O5. The van der Waals surface area contributed by atoms with Crippen molar-refractivity contribution in [2.45, 2.75) is 40.0 Å².